The number of nitrogens with one attached hydrogen (secondary N) is 1. The van der Waals surface area contributed by atoms with Gasteiger partial charge < -0.3 is 39.0 Å². The lowest BCUT2D eigenvalue weighted by atomic mass is 9.72. The molecule has 0 radical (unpaired) electrons. The first-order valence-electron chi connectivity index (χ1n) is 20.5. The molecule has 5 aliphatic rings. The number of aliphatic hydroxyl groups excluding tert-OH is 3. The molecule has 2 spiro atoms. The summed E-state index contributed by atoms with van der Waals surface area (Å²) >= 11 is 0. The summed E-state index contributed by atoms with van der Waals surface area (Å²) in [7, 11) is 0. The van der Waals surface area contributed by atoms with Gasteiger partial charge in [0.1, 0.15) is 11.9 Å². The van der Waals surface area contributed by atoms with Gasteiger partial charge in [-0.3, -0.25) is 4.79 Å². The van der Waals surface area contributed by atoms with Crippen molar-refractivity contribution in [3.8, 4) is 0 Å². The molecule has 2 unspecified atom stereocenters. The van der Waals surface area contributed by atoms with E-state index in [4.69, 9.17) is 23.7 Å². The third-order valence-electron chi connectivity index (χ3n) is 13.9. The Hall–Kier alpha value is -1.84. The molecule has 0 aliphatic carbocycles. The summed E-state index contributed by atoms with van der Waals surface area (Å²) in [5.74, 6) is -3.20. The molecule has 0 amide bonds. The number of H-pyrrole nitrogens is 1. The lowest BCUT2D eigenvalue weighted by molar-refractivity contribution is -0.408. The first kappa shape index (κ1) is 40.8. The van der Waals surface area contributed by atoms with Crippen LogP contribution in [0.2, 0.25) is 0 Å². The van der Waals surface area contributed by atoms with Crippen molar-refractivity contribution in [3.63, 3.8) is 0 Å². The topological polar surface area (TPSA) is 178 Å². The van der Waals surface area contributed by atoms with E-state index in [1.807, 2.05) is 40.7 Å². The lowest BCUT2D eigenvalue weighted by Crippen LogP contribution is -2.63. The molecule has 0 saturated carbocycles. The average Bonchev–Trinajstić information content (AvgIpc) is 3.79. The van der Waals surface area contributed by atoms with E-state index in [2.05, 4.69) is 48.3 Å². The molecule has 5 aliphatic heterocycles. The normalized spacial score (nSPS) is 44.8. The van der Waals surface area contributed by atoms with Crippen molar-refractivity contribution in [3.05, 3.63) is 18.0 Å². The number of tetrazole rings is 1. The molecule has 18 atom stereocenters. The molecule has 4 fully saturated rings. The Kier molecular flexibility index (Phi) is 12.3. The number of nitrogens with zero attached hydrogens (tertiary/aromatic N) is 3. The first-order chi connectivity index (χ1) is 25.1. The van der Waals surface area contributed by atoms with Gasteiger partial charge in [0.15, 0.2) is 11.6 Å². The Morgan fingerprint density at radius 2 is 1.74 bits per heavy atom. The molecule has 300 valence electrons. The van der Waals surface area contributed by atoms with Gasteiger partial charge in [-0.15, -0.1) is 10.2 Å². The standard InChI is InChI=1S/C40H66N4O9/c1-10-27(37-41-43-44-42-37)30-14-12-21(3)35(50-30)25(7)33(47)24(6)34(48)28(11-2)36-22(4)20-23(5)39(51-36)17-16-31(46)40(53-39)19-18-38(9,52-40)32-15-13-29(45)26(8)49-32/h16-17,21-33,35-36,45-47H,10-15,18-20H2,1-9H3,(H,41,42,43,44)/t21-,22-,23+,24-,25-,26-,27+,28?,29?,30+,31+,32+,33+,35+,36-,38-,39-,40-/m0/s1. The number of aromatic nitrogens is 4. The van der Waals surface area contributed by atoms with Crippen LogP contribution in [0.4, 0.5) is 0 Å². The van der Waals surface area contributed by atoms with Crippen LogP contribution in [0, 0.1) is 35.5 Å². The monoisotopic (exact) mass is 746 g/mol. The van der Waals surface area contributed by atoms with Crippen molar-refractivity contribution < 1.29 is 43.8 Å². The summed E-state index contributed by atoms with van der Waals surface area (Å²) in [5.41, 5.74) is -0.722. The number of Topliss-reactive ketones (excluding diaryl/α,β-unsaturated/α-hetero) is 1. The molecule has 0 bridgehead atoms. The highest BCUT2D eigenvalue weighted by Crippen LogP contribution is 2.53. The molecule has 4 saturated heterocycles. The number of carbonyl (C=O) groups excluding carboxylic acids is 1. The van der Waals surface area contributed by atoms with Gasteiger partial charge in [0, 0.05) is 36.0 Å². The number of ketones is 1. The zero-order chi connectivity index (χ0) is 38.5. The summed E-state index contributed by atoms with van der Waals surface area (Å²) in [6, 6.07) is 0. The number of aromatic amines is 1. The predicted molar refractivity (Wildman–Crippen MR) is 195 cm³/mol. The molecule has 13 heteroatoms. The fourth-order valence-electron chi connectivity index (χ4n) is 10.3. The van der Waals surface area contributed by atoms with Crippen LogP contribution in [0.25, 0.3) is 0 Å². The minimum atomic E-state index is -1.34. The first-order valence-corrected chi connectivity index (χ1v) is 20.5. The maximum absolute atomic E-state index is 14.5. The quantitative estimate of drug-likeness (QED) is 0.223. The number of aliphatic hydroxyl groups is 3. The van der Waals surface area contributed by atoms with Gasteiger partial charge in [0.2, 0.25) is 5.79 Å². The second kappa shape index (κ2) is 16.0. The van der Waals surface area contributed by atoms with Gasteiger partial charge in [-0.25, -0.2) is 0 Å². The van der Waals surface area contributed by atoms with Crippen molar-refractivity contribution in [2.75, 3.05) is 0 Å². The number of ether oxygens (including phenoxy) is 5. The van der Waals surface area contributed by atoms with E-state index >= 15 is 0 Å². The van der Waals surface area contributed by atoms with Crippen molar-refractivity contribution in [2.45, 2.75) is 192 Å². The van der Waals surface area contributed by atoms with Gasteiger partial charge in [0.25, 0.3) is 0 Å². The minimum Gasteiger partial charge on any atom is -0.392 e. The number of carbonyl (C=O) groups is 1. The van der Waals surface area contributed by atoms with Crippen LogP contribution < -0.4 is 0 Å². The average molecular weight is 747 g/mol. The lowest BCUT2D eigenvalue weighted by Gasteiger charge is -2.54. The van der Waals surface area contributed by atoms with E-state index in [-0.39, 0.29) is 59.8 Å². The van der Waals surface area contributed by atoms with Gasteiger partial charge in [-0.2, -0.15) is 5.21 Å². The molecule has 13 nitrogen and oxygen atoms in total. The number of hydrogen-bond acceptors (Lipinski definition) is 12. The highest BCUT2D eigenvalue weighted by Gasteiger charge is 2.62. The van der Waals surface area contributed by atoms with E-state index in [9.17, 15) is 20.1 Å². The second-order valence-corrected chi connectivity index (χ2v) is 17.6. The SMILES string of the molecule is CCC(C(=O)[C@@H](C)[C@@H](O)[C@H](C)[C@@H]1O[C@@H]([C@@H](CC)c2nn[nH]n2)CC[C@@H]1C)[C@H]1O[C@]2(C=C[C@@H](O)[C@]3(CC[C@@](C)([C@H]4CCC(O)[C@H](C)O4)O3)O2)[C@H](C)C[C@@H]1C. The van der Waals surface area contributed by atoms with E-state index < -0.39 is 53.4 Å². The van der Waals surface area contributed by atoms with Crippen molar-refractivity contribution in [1.29, 1.82) is 0 Å². The molecular formula is C40H66N4O9. The second-order valence-electron chi connectivity index (χ2n) is 17.6. The molecule has 1 aromatic rings. The number of rotatable bonds is 11. The molecule has 6 rings (SSSR count). The smallest absolute Gasteiger partial charge is 0.202 e. The molecule has 0 aromatic carbocycles. The van der Waals surface area contributed by atoms with Crippen molar-refractivity contribution in [1.82, 2.24) is 20.6 Å². The Balaban J connectivity index is 1.16. The van der Waals surface area contributed by atoms with Gasteiger partial charge >= 0.3 is 0 Å². The van der Waals surface area contributed by atoms with Crippen LogP contribution in [0.5, 0.6) is 0 Å². The van der Waals surface area contributed by atoms with Crippen LogP contribution in [-0.2, 0) is 28.5 Å². The number of hydrogen-bond donors (Lipinski definition) is 4. The van der Waals surface area contributed by atoms with E-state index in [1.165, 1.54) is 0 Å². The largest absolute Gasteiger partial charge is 0.392 e. The van der Waals surface area contributed by atoms with Gasteiger partial charge in [-0.05, 0) is 89.2 Å². The third-order valence-corrected chi connectivity index (χ3v) is 13.9. The highest BCUT2D eigenvalue weighted by atomic mass is 16.8. The highest BCUT2D eigenvalue weighted by molar-refractivity contribution is 5.84. The summed E-state index contributed by atoms with van der Waals surface area (Å²) in [6.07, 6.45) is 5.95. The Morgan fingerprint density at radius 3 is 2.40 bits per heavy atom. The summed E-state index contributed by atoms with van der Waals surface area (Å²) in [5, 5.41) is 48.3. The van der Waals surface area contributed by atoms with Crippen LogP contribution in [0.3, 0.4) is 0 Å². The van der Waals surface area contributed by atoms with Crippen molar-refractivity contribution in [2.24, 2.45) is 35.5 Å². The zero-order valence-corrected chi connectivity index (χ0v) is 33.3. The molecule has 4 N–H and O–H groups in total. The van der Waals surface area contributed by atoms with Crippen LogP contribution in [-0.4, -0.2) is 108 Å². The zero-order valence-electron chi connectivity index (χ0n) is 33.3. The Labute approximate surface area is 315 Å². The maximum atomic E-state index is 14.5. The fourth-order valence-corrected chi connectivity index (χ4v) is 10.3. The van der Waals surface area contributed by atoms with E-state index in [0.29, 0.717) is 37.9 Å². The summed E-state index contributed by atoms with van der Waals surface area (Å²) < 4.78 is 33.6. The third kappa shape index (κ3) is 7.67. The van der Waals surface area contributed by atoms with E-state index in [1.54, 1.807) is 6.08 Å². The van der Waals surface area contributed by atoms with Crippen molar-refractivity contribution >= 4 is 5.78 Å². The van der Waals surface area contributed by atoms with Crippen LogP contribution in [0.15, 0.2) is 12.2 Å². The molecule has 6 heterocycles. The molecular weight excluding hydrogens is 680 g/mol. The van der Waals surface area contributed by atoms with E-state index in [0.717, 1.165) is 25.7 Å². The fraction of sp³-hybridized carbons (Fsp3) is 0.900. The molecule has 1 aromatic heterocycles. The predicted octanol–water partition coefficient (Wildman–Crippen LogP) is 5.00. The van der Waals surface area contributed by atoms with Gasteiger partial charge in [0.05, 0.1) is 48.3 Å². The van der Waals surface area contributed by atoms with Crippen LogP contribution in [0.1, 0.15) is 132 Å². The van der Waals surface area contributed by atoms with Gasteiger partial charge in [-0.1, -0.05) is 53.7 Å². The summed E-state index contributed by atoms with van der Waals surface area (Å²) in [6.45, 7) is 18.2. The molecule has 53 heavy (non-hydrogen) atoms. The summed E-state index contributed by atoms with van der Waals surface area (Å²) in [4.78, 5) is 14.5. The Bertz CT molecular complexity index is 1420. The minimum absolute atomic E-state index is 0.00531. The maximum Gasteiger partial charge on any atom is 0.202 e. The van der Waals surface area contributed by atoms with Crippen LogP contribution >= 0.6 is 0 Å². The Morgan fingerprint density at radius 1 is 0.981 bits per heavy atom.